The van der Waals surface area contributed by atoms with E-state index in [9.17, 15) is 9.59 Å². The summed E-state index contributed by atoms with van der Waals surface area (Å²) in [6.45, 7) is 7.99. The van der Waals surface area contributed by atoms with Gasteiger partial charge in [0, 0.05) is 19.2 Å². The molecule has 0 saturated carbocycles. The molecule has 0 spiro atoms. The Balaban J connectivity index is 2.79. The maximum Gasteiger partial charge on any atom is 0.408 e. The zero-order valence-electron chi connectivity index (χ0n) is 11.8. The molecule has 0 aliphatic carbocycles. The first-order valence-corrected chi connectivity index (χ1v) is 6.32. The molecular weight excluding hydrogens is 246 g/mol. The van der Waals surface area contributed by atoms with Crippen molar-refractivity contribution >= 4 is 12.4 Å². The molecule has 0 aliphatic rings. The van der Waals surface area contributed by atoms with Gasteiger partial charge in [-0.2, -0.15) is 5.10 Å². The van der Waals surface area contributed by atoms with E-state index in [-0.39, 0.29) is 6.42 Å². The van der Waals surface area contributed by atoms with Crippen LogP contribution in [-0.4, -0.2) is 27.8 Å². The van der Waals surface area contributed by atoms with Gasteiger partial charge in [-0.05, 0) is 33.8 Å². The SMILES string of the molecule is CCn1nccc1[C@H](CC=O)NC(=O)OC(C)(C)C. The largest absolute Gasteiger partial charge is 0.444 e. The summed E-state index contributed by atoms with van der Waals surface area (Å²) in [6, 6.07) is 1.37. The number of alkyl carbamates (subject to hydrolysis) is 1. The van der Waals surface area contributed by atoms with Gasteiger partial charge < -0.3 is 14.8 Å². The number of hydrogen-bond acceptors (Lipinski definition) is 4. The van der Waals surface area contributed by atoms with Gasteiger partial charge in [0.05, 0.1) is 11.7 Å². The summed E-state index contributed by atoms with van der Waals surface area (Å²) in [5, 5.41) is 6.83. The van der Waals surface area contributed by atoms with Gasteiger partial charge in [-0.1, -0.05) is 0 Å². The summed E-state index contributed by atoms with van der Waals surface area (Å²) in [4.78, 5) is 22.5. The normalized spacial score (nSPS) is 12.8. The highest BCUT2D eigenvalue weighted by atomic mass is 16.6. The lowest BCUT2D eigenvalue weighted by atomic mass is 10.1. The van der Waals surface area contributed by atoms with E-state index >= 15 is 0 Å². The second-order valence-corrected chi connectivity index (χ2v) is 5.17. The van der Waals surface area contributed by atoms with Gasteiger partial charge in [0.1, 0.15) is 11.9 Å². The number of aromatic nitrogens is 2. The van der Waals surface area contributed by atoms with Gasteiger partial charge in [0.15, 0.2) is 0 Å². The van der Waals surface area contributed by atoms with Crippen LogP contribution in [0.5, 0.6) is 0 Å². The van der Waals surface area contributed by atoms with Crippen LogP contribution >= 0.6 is 0 Å². The van der Waals surface area contributed by atoms with E-state index in [4.69, 9.17) is 4.74 Å². The molecule has 0 aliphatic heterocycles. The molecule has 1 aromatic rings. The molecular formula is C13H21N3O3. The van der Waals surface area contributed by atoms with Crippen LogP contribution in [0.15, 0.2) is 12.3 Å². The molecule has 1 aromatic heterocycles. The number of aldehydes is 1. The fourth-order valence-corrected chi connectivity index (χ4v) is 1.70. The zero-order chi connectivity index (χ0) is 14.5. The van der Waals surface area contributed by atoms with Crippen molar-refractivity contribution in [3.8, 4) is 0 Å². The van der Waals surface area contributed by atoms with E-state index in [2.05, 4.69) is 10.4 Å². The predicted octanol–water partition coefficient (Wildman–Crippen LogP) is 2.06. The lowest BCUT2D eigenvalue weighted by molar-refractivity contribution is -0.108. The highest BCUT2D eigenvalue weighted by Gasteiger charge is 2.22. The fraction of sp³-hybridized carbons (Fsp3) is 0.615. The molecule has 0 aromatic carbocycles. The van der Waals surface area contributed by atoms with Crippen molar-refractivity contribution in [2.45, 2.75) is 52.3 Å². The molecule has 1 rings (SSSR count). The summed E-state index contributed by atoms with van der Waals surface area (Å²) >= 11 is 0. The Morgan fingerprint density at radius 1 is 1.58 bits per heavy atom. The number of nitrogens with zero attached hydrogens (tertiary/aromatic N) is 2. The van der Waals surface area contributed by atoms with Crippen molar-refractivity contribution in [1.29, 1.82) is 0 Å². The quantitative estimate of drug-likeness (QED) is 0.829. The smallest absolute Gasteiger partial charge is 0.408 e. The highest BCUT2D eigenvalue weighted by molar-refractivity contribution is 5.69. The summed E-state index contributed by atoms with van der Waals surface area (Å²) < 4.78 is 6.93. The predicted molar refractivity (Wildman–Crippen MR) is 70.7 cm³/mol. The minimum Gasteiger partial charge on any atom is -0.444 e. The maximum absolute atomic E-state index is 11.8. The van der Waals surface area contributed by atoms with E-state index in [0.717, 1.165) is 12.0 Å². The van der Waals surface area contributed by atoms with Crippen molar-refractivity contribution in [3.05, 3.63) is 18.0 Å². The van der Waals surface area contributed by atoms with Crippen LogP contribution in [0.2, 0.25) is 0 Å². The molecule has 0 saturated heterocycles. The molecule has 1 atom stereocenters. The van der Waals surface area contributed by atoms with E-state index in [1.807, 2.05) is 6.92 Å². The van der Waals surface area contributed by atoms with Gasteiger partial charge in [0.2, 0.25) is 0 Å². The number of ether oxygens (including phenoxy) is 1. The third kappa shape index (κ3) is 4.73. The van der Waals surface area contributed by atoms with Gasteiger partial charge >= 0.3 is 6.09 Å². The molecule has 1 N–H and O–H groups in total. The summed E-state index contributed by atoms with van der Waals surface area (Å²) in [7, 11) is 0. The average molecular weight is 267 g/mol. The van der Waals surface area contributed by atoms with Crippen LogP contribution in [-0.2, 0) is 16.1 Å². The molecule has 0 bridgehead atoms. The van der Waals surface area contributed by atoms with E-state index in [1.54, 1.807) is 37.7 Å². The van der Waals surface area contributed by atoms with Gasteiger partial charge in [0.25, 0.3) is 0 Å². The Morgan fingerprint density at radius 3 is 2.79 bits per heavy atom. The van der Waals surface area contributed by atoms with Crippen LogP contribution in [0, 0.1) is 0 Å². The van der Waals surface area contributed by atoms with Crippen LogP contribution < -0.4 is 5.32 Å². The maximum atomic E-state index is 11.8. The first-order valence-electron chi connectivity index (χ1n) is 6.32. The van der Waals surface area contributed by atoms with Gasteiger partial charge in [-0.3, -0.25) is 4.68 Å². The van der Waals surface area contributed by atoms with Crippen LogP contribution in [0.1, 0.15) is 45.9 Å². The van der Waals surface area contributed by atoms with Crippen molar-refractivity contribution in [1.82, 2.24) is 15.1 Å². The molecule has 6 heteroatoms. The number of rotatable bonds is 5. The lowest BCUT2D eigenvalue weighted by Crippen LogP contribution is -2.36. The Bertz CT molecular complexity index is 435. The van der Waals surface area contributed by atoms with Crippen LogP contribution in [0.4, 0.5) is 4.79 Å². The molecule has 106 valence electrons. The van der Waals surface area contributed by atoms with Crippen molar-refractivity contribution in [3.63, 3.8) is 0 Å². The minimum absolute atomic E-state index is 0.185. The molecule has 19 heavy (non-hydrogen) atoms. The number of carbonyl (C=O) groups excluding carboxylic acids is 2. The second kappa shape index (κ2) is 6.36. The summed E-state index contributed by atoms with van der Waals surface area (Å²) in [5.74, 6) is 0. The van der Waals surface area contributed by atoms with E-state index in [1.165, 1.54) is 0 Å². The van der Waals surface area contributed by atoms with Crippen molar-refractivity contribution in [2.24, 2.45) is 0 Å². The van der Waals surface area contributed by atoms with Crippen molar-refractivity contribution < 1.29 is 14.3 Å². The van der Waals surface area contributed by atoms with E-state index in [0.29, 0.717) is 6.54 Å². The highest BCUT2D eigenvalue weighted by Crippen LogP contribution is 2.17. The van der Waals surface area contributed by atoms with Crippen molar-refractivity contribution in [2.75, 3.05) is 0 Å². The molecule has 1 amide bonds. The number of carbonyl (C=O) groups is 2. The molecule has 0 unspecified atom stereocenters. The monoisotopic (exact) mass is 267 g/mol. The zero-order valence-corrected chi connectivity index (χ0v) is 11.8. The summed E-state index contributed by atoms with van der Waals surface area (Å²) in [6.07, 6.45) is 2.07. The van der Waals surface area contributed by atoms with E-state index < -0.39 is 17.7 Å². The minimum atomic E-state index is -0.569. The molecule has 0 radical (unpaired) electrons. The third-order valence-electron chi connectivity index (χ3n) is 2.43. The van der Waals surface area contributed by atoms with Crippen LogP contribution in [0.25, 0.3) is 0 Å². The second-order valence-electron chi connectivity index (χ2n) is 5.17. The standard InChI is InChI=1S/C13H21N3O3/c1-5-16-11(6-8-14-16)10(7-9-17)15-12(18)19-13(2,3)4/h6,8-10H,5,7H2,1-4H3,(H,15,18)/t10-/m0/s1. The van der Waals surface area contributed by atoms with Crippen LogP contribution in [0.3, 0.4) is 0 Å². The molecule has 1 heterocycles. The fourth-order valence-electron chi connectivity index (χ4n) is 1.70. The number of amides is 1. The first-order chi connectivity index (χ1) is 8.87. The van der Waals surface area contributed by atoms with Gasteiger partial charge in [-0.25, -0.2) is 4.79 Å². The lowest BCUT2D eigenvalue weighted by Gasteiger charge is -2.23. The Morgan fingerprint density at radius 2 is 2.26 bits per heavy atom. The number of aryl methyl sites for hydroxylation is 1. The molecule has 0 fully saturated rings. The third-order valence-corrected chi connectivity index (χ3v) is 2.43. The van der Waals surface area contributed by atoms with Gasteiger partial charge in [-0.15, -0.1) is 0 Å². The topological polar surface area (TPSA) is 73.2 Å². The Hall–Kier alpha value is -1.85. The number of hydrogen-bond donors (Lipinski definition) is 1. The Kier molecular flexibility index (Phi) is 5.09. The average Bonchev–Trinajstić information content (AvgIpc) is 2.73. The first kappa shape index (κ1) is 15.2. The number of nitrogens with one attached hydrogen (secondary N) is 1. The molecule has 6 nitrogen and oxygen atoms in total. The summed E-state index contributed by atoms with van der Waals surface area (Å²) in [5.41, 5.74) is 0.223. The Labute approximate surface area is 113 Å².